The van der Waals surface area contributed by atoms with Crippen LogP contribution in [0, 0.1) is 5.92 Å². The summed E-state index contributed by atoms with van der Waals surface area (Å²) in [6, 6.07) is 11.1. The number of carbonyl (C=O) groups is 1. The van der Waals surface area contributed by atoms with E-state index in [0.29, 0.717) is 30.4 Å². The second-order valence-corrected chi connectivity index (χ2v) is 8.24. The third kappa shape index (κ3) is 6.53. The lowest BCUT2D eigenvalue weighted by atomic mass is 9.93. The fourth-order valence-electron chi connectivity index (χ4n) is 4.22. The molecule has 1 aliphatic rings. The van der Waals surface area contributed by atoms with E-state index in [2.05, 4.69) is 10.2 Å². The number of carbonyl (C=O) groups excluding carboxylic acids is 1. The summed E-state index contributed by atoms with van der Waals surface area (Å²) in [5, 5.41) is 12.8. The van der Waals surface area contributed by atoms with Gasteiger partial charge in [0.05, 0.1) is 21.3 Å². The molecule has 3 rings (SSSR count). The largest absolute Gasteiger partial charge is 0.504 e. The maximum Gasteiger partial charge on any atom is 0.220 e. The number of aromatic hydroxyl groups is 1. The molecule has 0 spiro atoms. The Hall–Kier alpha value is -2.93. The van der Waals surface area contributed by atoms with Crippen molar-refractivity contribution in [2.24, 2.45) is 5.92 Å². The van der Waals surface area contributed by atoms with Gasteiger partial charge in [0, 0.05) is 37.7 Å². The first kappa shape index (κ1) is 23.7. The molecule has 32 heavy (non-hydrogen) atoms. The van der Waals surface area contributed by atoms with Crippen molar-refractivity contribution < 1.29 is 24.1 Å². The predicted octanol–water partition coefficient (Wildman–Crippen LogP) is 3.73. The van der Waals surface area contributed by atoms with Crippen LogP contribution < -0.4 is 19.5 Å². The molecule has 1 amide bonds. The number of hydrogen-bond acceptors (Lipinski definition) is 6. The fraction of sp³-hybridized carbons (Fsp3) is 0.480. The van der Waals surface area contributed by atoms with Crippen LogP contribution in [0.4, 0.5) is 0 Å². The Labute approximate surface area is 190 Å². The topological polar surface area (TPSA) is 80.3 Å². The van der Waals surface area contributed by atoms with Crippen LogP contribution in [-0.4, -0.2) is 50.3 Å². The molecule has 7 nitrogen and oxygen atoms in total. The van der Waals surface area contributed by atoms with Crippen molar-refractivity contribution >= 4 is 5.91 Å². The van der Waals surface area contributed by atoms with Gasteiger partial charge in [-0.3, -0.25) is 9.69 Å². The maximum absolute atomic E-state index is 12.4. The summed E-state index contributed by atoms with van der Waals surface area (Å²) in [5.74, 6) is 2.66. The Morgan fingerprint density at radius 2 is 1.91 bits per heavy atom. The molecule has 0 aliphatic carbocycles. The van der Waals surface area contributed by atoms with Crippen molar-refractivity contribution in [1.29, 1.82) is 0 Å². The third-order valence-corrected chi connectivity index (χ3v) is 6.00. The Bertz CT molecular complexity index is 902. The Morgan fingerprint density at radius 3 is 2.66 bits per heavy atom. The van der Waals surface area contributed by atoms with Gasteiger partial charge in [0.15, 0.2) is 11.5 Å². The highest BCUT2D eigenvalue weighted by molar-refractivity contribution is 5.75. The Balaban J connectivity index is 1.45. The number of phenols is 1. The number of hydrogen-bond donors (Lipinski definition) is 2. The molecule has 0 aromatic heterocycles. The molecule has 2 N–H and O–H groups in total. The van der Waals surface area contributed by atoms with Crippen LogP contribution in [0.5, 0.6) is 23.0 Å². The van der Waals surface area contributed by atoms with E-state index in [1.807, 2.05) is 30.3 Å². The monoisotopic (exact) mass is 442 g/mol. The SMILES string of the molecule is COc1ccc(CNC(=O)CCC2CCCN(Cc3ccc(O)c(OC)c3)C2)c(OC)c1. The van der Waals surface area contributed by atoms with E-state index in [1.165, 1.54) is 0 Å². The average molecular weight is 443 g/mol. The minimum absolute atomic E-state index is 0.0586. The van der Waals surface area contributed by atoms with Crippen molar-refractivity contribution in [3.63, 3.8) is 0 Å². The summed E-state index contributed by atoms with van der Waals surface area (Å²) in [6.07, 6.45) is 3.67. The van der Waals surface area contributed by atoms with Gasteiger partial charge in [-0.25, -0.2) is 0 Å². The lowest BCUT2D eigenvalue weighted by molar-refractivity contribution is -0.121. The molecule has 2 aromatic rings. The first-order valence-corrected chi connectivity index (χ1v) is 11.1. The van der Waals surface area contributed by atoms with Crippen molar-refractivity contribution in [3.8, 4) is 23.0 Å². The van der Waals surface area contributed by atoms with E-state index in [-0.39, 0.29) is 11.7 Å². The van der Waals surface area contributed by atoms with E-state index < -0.39 is 0 Å². The first-order valence-electron chi connectivity index (χ1n) is 11.1. The molecule has 0 bridgehead atoms. The number of methoxy groups -OCH3 is 3. The van der Waals surface area contributed by atoms with Crippen LogP contribution >= 0.6 is 0 Å². The minimum atomic E-state index is 0.0586. The molecule has 1 saturated heterocycles. The van der Waals surface area contributed by atoms with E-state index >= 15 is 0 Å². The number of nitrogens with zero attached hydrogens (tertiary/aromatic N) is 1. The van der Waals surface area contributed by atoms with Gasteiger partial charge >= 0.3 is 0 Å². The van der Waals surface area contributed by atoms with Gasteiger partial charge in [-0.1, -0.05) is 6.07 Å². The molecule has 0 radical (unpaired) electrons. The number of amides is 1. The van der Waals surface area contributed by atoms with Crippen LogP contribution in [0.3, 0.4) is 0 Å². The normalized spacial score (nSPS) is 16.4. The zero-order valence-electron chi connectivity index (χ0n) is 19.2. The summed E-state index contributed by atoms with van der Waals surface area (Å²) < 4.78 is 15.8. The molecular formula is C25H34N2O5. The highest BCUT2D eigenvalue weighted by Crippen LogP contribution is 2.28. The molecule has 1 atom stereocenters. The van der Waals surface area contributed by atoms with Gasteiger partial charge < -0.3 is 24.6 Å². The maximum atomic E-state index is 12.4. The second kappa shape index (κ2) is 11.6. The van der Waals surface area contributed by atoms with Crippen LogP contribution in [0.1, 0.15) is 36.8 Å². The number of ether oxygens (including phenoxy) is 3. The van der Waals surface area contributed by atoms with Gasteiger partial charge in [-0.05, 0) is 61.6 Å². The van der Waals surface area contributed by atoms with Gasteiger partial charge in [0.25, 0.3) is 0 Å². The number of likely N-dealkylation sites (tertiary alicyclic amines) is 1. The van der Waals surface area contributed by atoms with E-state index in [4.69, 9.17) is 14.2 Å². The molecule has 7 heteroatoms. The van der Waals surface area contributed by atoms with Gasteiger partial charge in [-0.2, -0.15) is 0 Å². The molecular weight excluding hydrogens is 408 g/mol. The van der Waals surface area contributed by atoms with Crippen molar-refractivity contribution in [1.82, 2.24) is 10.2 Å². The summed E-state index contributed by atoms with van der Waals surface area (Å²) >= 11 is 0. The van der Waals surface area contributed by atoms with Crippen LogP contribution in [0.2, 0.25) is 0 Å². The van der Waals surface area contributed by atoms with Crippen LogP contribution in [0.15, 0.2) is 36.4 Å². The molecule has 1 heterocycles. The summed E-state index contributed by atoms with van der Waals surface area (Å²) in [6.45, 7) is 3.27. The zero-order chi connectivity index (χ0) is 22.9. The highest BCUT2D eigenvalue weighted by Gasteiger charge is 2.21. The number of benzene rings is 2. The average Bonchev–Trinajstić information content (AvgIpc) is 2.82. The summed E-state index contributed by atoms with van der Waals surface area (Å²) in [4.78, 5) is 14.8. The smallest absolute Gasteiger partial charge is 0.220 e. The van der Waals surface area contributed by atoms with Crippen molar-refractivity contribution in [2.45, 2.75) is 38.8 Å². The number of piperidine rings is 1. The predicted molar refractivity (Wildman–Crippen MR) is 123 cm³/mol. The van der Waals surface area contributed by atoms with Crippen molar-refractivity contribution in [3.05, 3.63) is 47.5 Å². The molecule has 1 unspecified atom stereocenters. The fourth-order valence-corrected chi connectivity index (χ4v) is 4.22. The lowest BCUT2D eigenvalue weighted by Gasteiger charge is -2.32. The quantitative estimate of drug-likeness (QED) is 0.584. The van der Waals surface area contributed by atoms with E-state index in [0.717, 1.165) is 55.8 Å². The zero-order valence-corrected chi connectivity index (χ0v) is 19.2. The highest BCUT2D eigenvalue weighted by atomic mass is 16.5. The third-order valence-electron chi connectivity index (χ3n) is 6.00. The van der Waals surface area contributed by atoms with Crippen LogP contribution in [0.25, 0.3) is 0 Å². The molecule has 0 saturated carbocycles. The van der Waals surface area contributed by atoms with E-state index in [9.17, 15) is 9.90 Å². The molecule has 1 fully saturated rings. The summed E-state index contributed by atoms with van der Waals surface area (Å²) in [7, 11) is 4.79. The van der Waals surface area contributed by atoms with E-state index in [1.54, 1.807) is 27.4 Å². The molecule has 1 aliphatic heterocycles. The Morgan fingerprint density at radius 1 is 1.09 bits per heavy atom. The first-order chi connectivity index (χ1) is 15.5. The Kier molecular flexibility index (Phi) is 8.62. The second-order valence-electron chi connectivity index (χ2n) is 8.24. The standard InChI is InChI=1S/C25H34N2O5/c1-30-21-9-8-20(23(14-21)31-2)15-26-25(29)11-7-18-5-4-12-27(16-18)17-19-6-10-22(28)24(13-19)32-3/h6,8-10,13-14,18,28H,4-5,7,11-12,15-17H2,1-3H3,(H,26,29). The van der Waals surface area contributed by atoms with Crippen molar-refractivity contribution in [2.75, 3.05) is 34.4 Å². The lowest BCUT2D eigenvalue weighted by Crippen LogP contribution is -2.35. The van der Waals surface area contributed by atoms with Gasteiger partial charge in [0.2, 0.25) is 5.91 Å². The van der Waals surface area contributed by atoms with Gasteiger partial charge in [-0.15, -0.1) is 0 Å². The molecule has 174 valence electrons. The number of nitrogens with one attached hydrogen (secondary N) is 1. The molecule has 2 aromatic carbocycles. The van der Waals surface area contributed by atoms with Crippen LogP contribution in [-0.2, 0) is 17.9 Å². The number of rotatable bonds is 10. The minimum Gasteiger partial charge on any atom is -0.504 e. The van der Waals surface area contributed by atoms with Gasteiger partial charge in [0.1, 0.15) is 11.5 Å². The summed E-state index contributed by atoms with van der Waals surface area (Å²) in [5.41, 5.74) is 2.04. The number of phenolic OH excluding ortho intramolecular Hbond substituents is 1.